The van der Waals surface area contributed by atoms with Crippen LogP contribution in [0.3, 0.4) is 0 Å². The molecule has 1 saturated heterocycles. The molecule has 1 aromatic carbocycles. The Bertz CT molecular complexity index is 429. The minimum absolute atomic E-state index is 0.259. The van der Waals surface area contributed by atoms with Gasteiger partial charge < -0.3 is 10.4 Å². The van der Waals surface area contributed by atoms with E-state index in [1.807, 2.05) is 0 Å². The molecule has 0 amide bonds. The van der Waals surface area contributed by atoms with E-state index in [9.17, 15) is 27.1 Å². The molecule has 0 unspecified atom stereocenters. The molecule has 1 fully saturated rings. The van der Waals surface area contributed by atoms with Crippen molar-refractivity contribution >= 4 is 0 Å². The second-order valence-electron chi connectivity index (χ2n) is 3.58. The molecule has 0 aromatic heterocycles. The summed E-state index contributed by atoms with van der Waals surface area (Å²) in [5.41, 5.74) is -3.22. The van der Waals surface area contributed by atoms with Crippen molar-refractivity contribution in [3.05, 3.63) is 34.6 Å². The fraction of sp³-hybridized carbons (Fsp3) is 0.333. The smallest absolute Gasteiger partial charge is 0.200 e. The van der Waals surface area contributed by atoms with E-state index in [-0.39, 0.29) is 13.1 Å². The molecule has 0 atom stereocenters. The third-order valence-corrected chi connectivity index (χ3v) is 2.51. The summed E-state index contributed by atoms with van der Waals surface area (Å²) in [6.45, 7) is -0.517. The topological polar surface area (TPSA) is 32.3 Å². The highest BCUT2D eigenvalue weighted by atomic mass is 19.2. The maximum absolute atomic E-state index is 13.2. The van der Waals surface area contributed by atoms with Crippen LogP contribution < -0.4 is 5.32 Å². The molecule has 0 aliphatic carbocycles. The Hall–Kier alpha value is -1.21. The SMILES string of the molecule is OC1(c2c(F)c(F)c(F)c(F)c2F)CNC1. The quantitative estimate of drug-likeness (QED) is 0.438. The van der Waals surface area contributed by atoms with Crippen LogP contribution in [0.1, 0.15) is 5.56 Å². The largest absolute Gasteiger partial charge is 0.382 e. The van der Waals surface area contributed by atoms with Crippen molar-refractivity contribution in [3.63, 3.8) is 0 Å². The first kappa shape index (κ1) is 11.3. The Morgan fingerprint density at radius 2 is 1.19 bits per heavy atom. The van der Waals surface area contributed by atoms with Gasteiger partial charge in [-0.1, -0.05) is 0 Å². The van der Waals surface area contributed by atoms with Crippen molar-refractivity contribution in [1.82, 2.24) is 5.32 Å². The van der Waals surface area contributed by atoms with Crippen LogP contribution >= 0.6 is 0 Å². The summed E-state index contributed by atoms with van der Waals surface area (Å²) in [6, 6.07) is 0. The monoisotopic (exact) mass is 239 g/mol. The van der Waals surface area contributed by atoms with Crippen molar-refractivity contribution in [2.75, 3.05) is 13.1 Å². The van der Waals surface area contributed by atoms with Crippen molar-refractivity contribution < 1.29 is 27.1 Å². The van der Waals surface area contributed by atoms with E-state index in [0.29, 0.717) is 0 Å². The Morgan fingerprint density at radius 1 is 0.812 bits per heavy atom. The number of β-amino-alcohol motifs (C(OH)–C–C–N with tert-alkyl or cyclic N) is 1. The van der Waals surface area contributed by atoms with Gasteiger partial charge >= 0.3 is 0 Å². The first-order valence-corrected chi connectivity index (χ1v) is 4.33. The third kappa shape index (κ3) is 1.31. The molecule has 2 rings (SSSR count). The predicted octanol–water partition coefficient (Wildman–Crippen LogP) is 1.17. The first-order valence-electron chi connectivity index (χ1n) is 4.33. The van der Waals surface area contributed by atoms with Gasteiger partial charge in [0, 0.05) is 13.1 Å². The average Bonchev–Trinajstić information content (AvgIpc) is 2.21. The van der Waals surface area contributed by atoms with Crippen LogP contribution in [0, 0.1) is 29.1 Å². The van der Waals surface area contributed by atoms with E-state index in [2.05, 4.69) is 5.32 Å². The summed E-state index contributed by atoms with van der Waals surface area (Å²) in [4.78, 5) is 0. The molecule has 2 nitrogen and oxygen atoms in total. The normalized spacial score (nSPS) is 18.4. The fourth-order valence-electron chi connectivity index (χ4n) is 1.55. The van der Waals surface area contributed by atoms with Gasteiger partial charge in [0.25, 0.3) is 0 Å². The number of halogens is 5. The first-order chi connectivity index (χ1) is 7.38. The number of rotatable bonds is 1. The second kappa shape index (κ2) is 3.39. The molecule has 1 aliphatic heterocycles. The van der Waals surface area contributed by atoms with Gasteiger partial charge in [0.1, 0.15) is 5.60 Å². The zero-order chi connectivity index (χ0) is 12.1. The molecule has 0 spiro atoms. The summed E-state index contributed by atoms with van der Waals surface area (Å²) in [5, 5.41) is 12.1. The lowest BCUT2D eigenvalue weighted by Crippen LogP contribution is -2.57. The van der Waals surface area contributed by atoms with Crippen molar-refractivity contribution in [2.45, 2.75) is 5.60 Å². The van der Waals surface area contributed by atoms with Crippen LogP contribution in [0.4, 0.5) is 22.0 Å². The molecular formula is C9H6F5NO. The van der Waals surface area contributed by atoms with Gasteiger partial charge in [0.15, 0.2) is 23.3 Å². The highest BCUT2D eigenvalue weighted by Crippen LogP contribution is 2.33. The maximum Gasteiger partial charge on any atom is 0.200 e. The van der Waals surface area contributed by atoms with Gasteiger partial charge in [-0.25, -0.2) is 22.0 Å². The van der Waals surface area contributed by atoms with Crippen molar-refractivity contribution in [2.24, 2.45) is 0 Å². The molecule has 16 heavy (non-hydrogen) atoms. The summed E-state index contributed by atoms with van der Waals surface area (Å²) in [6.07, 6.45) is 0. The molecule has 1 aliphatic rings. The molecule has 0 bridgehead atoms. The van der Waals surface area contributed by atoms with E-state index in [4.69, 9.17) is 0 Å². The van der Waals surface area contributed by atoms with Gasteiger partial charge in [0.05, 0.1) is 5.56 Å². The molecule has 0 saturated carbocycles. The van der Waals surface area contributed by atoms with Crippen LogP contribution in [0.2, 0.25) is 0 Å². The Labute approximate surface area is 86.7 Å². The molecule has 1 heterocycles. The van der Waals surface area contributed by atoms with E-state index in [1.54, 1.807) is 0 Å². The molecule has 88 valence electrons. The number of aliphatic hydroxyl groups is 1. The number of benzene rings is 1. The lowest BCUT2D eigenvalue weighted by atomic mass is 9.87. The van der Waals surface area contributed by atoms with Gasteiger partial charge in [-0.2, -0.15) is 0 Å². The molecule has 0 radical (unpaired) electrons. The van der Waals surface area contributed by atoms with Gasteiger partial charge in [0.2, 0.25) is 5.82 Å². The van der Waals surface area contributed by atoms with Crippen LogP contribution in [-0.2, 0) is 5.60 Å². The molecular weight excluding hydrogens is 233 g/mol. The highest BCUT2D eigenvalue weighted by Gasteiger charge is 2.44. The number of hydrogen-bond acceptors (Lipinski definition) is 2. The number of nitrogens with one attached hydrogen (secondary N) is 1. The lowest BCUT2D eigenvalue weighted by Gasteiger charge is -2.38. The summed E-state index contributed by atoms with van der Waals surface area (Å²) < 4.78 is 64.7. The van der Waals surface area contributed by atoms with Crippen LogP contribution in [-0.4, -0.2) is 18.2 Å². The minimum Gasteiger partial charge on any atom is -0.382 e. The Morgan fingerprint density at radius 3 is 1.50 bits per heavy atom. The summed E-state index contributed by atoms with van der Waals surface area (Å²) >= 11 is 0. The van der Waals surface area contributed by atoms with Crippen molar-refractivity contribution in [1.29, 1.82) is 0 Å². The average molecular weight is 239 g/mol. The highest BCUT2D eigenvalue weighted by molar-refractivity contribution is 5.32. The second-order valence-corrected chi connectivity index (χ2v) is 3.58. The van der Waals surface area contributed by atoms with Gasteiger partial charge in [-0.3, -0.25) is 0 Å². The van der Waals surface area contributed by atoms with E-state index < -0.39 is 40.3 Å². The fourth-order valence-corrected chi connectivity index (χ4v) is 1.55. The van der Waals surface area contributed by atoms with Crippen molar-refractivity contribution in [3.8, 4) is 0 Å². The van der Waals surface area contributed by atoms with Gasteiger partial charge in [-0.05, 0) is 0 Å². The van der Waals surface area contributed by atoms with Crippen LogP contribution in [0.25, 0.3) is 0 Å². The van der Waals surface area contributed by atoms with Gasteiger partial charge in [-0.15, -0.1) is 0 Å². The zero-order valence-electron chi connectivity index (χ0n) is 7.75. The maximum atomic E-state index is 13.2. The van der Waals surface area contributed by atoms with E-state index in [0.717, 1.165) is 0 Å². The van der Waals surface area contributed by atoms with E-state index in [1.165, 1.54) is 0 Å². The molecule has 1 aromatic rings. The number of hydrogen-bond donors (Lipinski definition) is 2. The van der Waals surface area contributed by atoms with E-state index >= 15 is 0 Å². The Balaban J connectivity index is 2.70. The lowest BCUT2D eigenvalue weighted by molar-refractivity contribution is -0.0223. The molecule has 7 heteroatoms. The summed E-state index contributed by atoms with van der Waals surface area (Å²) in [5.74, 6) is -10.3. The summed E-state index contributed by atoms with van der Waals surface area (Å²) in [7, 11) is 0. The zero-order valence-corrected chi connectivity index (χ0v) is 7.75. The Kier molecular flexibility index (Phi) is 2.39. The standard InChI is InChI=1S/C9H6F5NO/c10-4-3(9(16)1-15-2-9)5(11)7(13)8(14)6(4)12/h15-16H,1-2H2. The predicted molar refractivity (Wildman–Crippen MR) is 43.0 cm³/mol. The van der Waals surface area contributed by atoms with Crippen LogP contribution in [0.15, 0.2) is 0 Å². The van der Waals surface area contributed by atoms with Crippen LogP contribution in [0.5, 0.6) is 0 Å². The molecule has 2 N–H and O–H groups in total. The minimum atomic E-state index is -2.23. The third-order valence-electron chi connectivity index (χ3n) is 2.51.